The van der Waals surface area contributed by atoms with Gasteiger partial charge in [-0.1, -0.05) is 22.9 Å². The number of nitrogens with zero attached hydrogens (tertiary/aromatic N) is 2. The summed E-state index contributed by atoms with van der Waals surface area (Å²) in [7, 11) is 0. The maximum atomic E-state index is 11.9. The molecule has 1 fully saturated rings. The van der Waals surface area contributed by atoms with Crippen molar-refractivity contribution in [3.05, 3.63) is 28.4 Å². The van der Waals surface area contributed by atoms with Crippen LogP contribution in [-0.2, 0) is 11.2 Å². The first-order valence-electron chi connectivity index (χ1n) is 9.94. The smallest absolute Gasteiger partial charge is 0.407 e. The van der Waals surface area contributed by atoms with Crippen LogP contribution in [0.15, 0.2) is 22.8 Å². The number of aryl methyl sites for hydroxylation is 1. The van der Waals surface area contributed by atoms with Crippen LogP contribution in [0.25, 0.3) is 10.9 Å². The molecule has 0 unspecified atom stereocenters. The van der Waals surface area contributed by atoms with Crippen molar-refractivity contribution in [2.24, 2.45) is 0 Å². The molecule has 0 saturated heterocycles. The van der Waals surface area contributed by atoms with Crippen LogP contribution in [0.1, 0.15) is 58.9 Å². The summed E-state index contributed by atoms with van der Waals surface area (Å²) < 4.78 is 6.44. The molecule has 3 rings (SSSR count). The van der Waals surface area contributed by atoms with Gasteiger partial charge in [0.2, 0.25) is 5.95 Å². The number of carbonyl (C=O) groups is 1. The van der Waals surface area contributed by atoms with E-state index in [1.165, 1.54) is 5.56 Å². The molecule has 7 heteroatoms. The van der Waals surface area contributed by atoms with Crippen molar-refractivity contribution in [1.82, 2.24) is 15.3 Å². The zero-order valence-corrected chi connectivity index (χ0v) is 18.6. The largest absolute Gasteiger partial charge is 0.444 e. The molecule has 1 aromatic heterocycles. The minimum atomic E-state index is -0.469. The molecule has 2 N–H and O–H groups in total. The third kappa shape index (κ3) is 5.56. The molecular formula is C21H29BrN4O2. The second-order valence-corrected chi connectivity index (χ2v) is 9.24. The van der Waals surface area contributed by atoms with E-state index >= 15 is 0 Å². The van der Waals surface area contributed by atoms with Crippen LogP contribution in [0.5, 0.6) is 0 Å². The summed E-state index contributed by atoms with van der Waals surface area (Å²) in [4.78, 5) is 21.1. The first-order valence-corrected chi connectivity index (χ1v) is 10.7. The first kappa shape index (κ1) is 20.8. The molecule has 1 aromatic carbocycles. The summed E-state index contributed by atoms with van der Waals surface area (Å²) in [6, 6.07) is 4.67. The molecule has 0 atom stereocenters. The molecule has 0 aliphatic heterocycles. The third-order valence-corrected chi connectivity index (χ3v) is 5.65. The molecule has 0 bridgehead atoms. The number of benzene rings is 1. The van der Waals surface area contributed by atoms with Gasteiger partial charge in [0.05, 0.1) is 5.52 Å². The van der Waals surface area contributed by atoms with Gasteiger partial charge in [0.1, 0.15) is 5.60 Å². The van der Waals surface area contributed by atoms with Crippen molar-refractivity contribution in [3.63, 3.8) is 0 Å². The molecule has 1 heterocycles. The number of fused-ring (bicyclic) bond motifs is 1. The van der Waals surface area contributed by atoms with Crippen molar-refractivity contribution in [1.29, 1.82) is 0 Å². The fraction of sp³-hybridized carbons (Fsp3) is 0.571. The summed E-state index contributed by atoms with van der Waals surface area (Å²) in [5, 5.41) is 7.46. The molecule has 6 nitrogen and oxygen atoms in total. The van der Waals surface area contributed by atoms with Gasteiger partial charge in [-0.05, 0) is 70.6 Å². The standard InChI is InChI=1S/C21H29BrN4O2/c1-5-13-11-18-14(10-17(13)22)12-23-19(26-18)24-15-6-8-16(9-7-15)25-20(27)28-21(2,3)4/h10-12,15-16H,5-9H2,1-4H3,(H,25,27)(H,23,24,26)/t15-,16-. The molecule has 0 radical (unpaired) electrons. The fourth-order valence-electron chi connectivity index (χ4n) is 3.47. The van der Waals surface area contributed by atoms with Gasteiger partial charge < -0.3 is 15.4 Å². The predicted molar refractivity (Wildman–Crippen MR) is 116 cm³/mol. The molecule has 1 amide bonds. The highest BCUT2D eigenvalue weighted by Gasteiger charge is 2.25. The second kappa shape index (κ2) is 8.64. The summed E-state index contributed by atoms with van der Waals surface area (Å²) in [6.45, 7) is 7.76. The monoisotopic (exact) mass is 448 g/mol. The van der Waals surface area contributed by atoms with E-state index < -0.39 is 5.60 Å². The number of alkyl carbamates (subject to hydrolysis) is 1. The Labute approximate surface area is 175 Å². The molecule has 152 valence electrons. The maximum absolute atomic E-state index is 11.9. The predicted octanol–water partition coefficient (Wildman–Crippen LogP) is 5.20. The van der Waals surface area contributed by atoms with Gasteiger partial charge in [0.25, 0.3) is 0 Å². The van der Waals surface area contributed by atoms with Crippen LogP contribution in [0.3, 0.4) is 0 Å². The number of halogens is 1. The number of amides is 1. The van der Waals surface area contributed by atoms with Gasteiger partial charge in [-0.25, -0.2) is 14.8 Å². The number of carbonyl (C=O) groups excluding carboxylic acids is 1. The highest BCUT2D eigenvalue weighted by Crippen LogP contribution is 2.26. The summed E-state index contributed by atoms with van der Waals surface area (Å²) in [5.41, 5.74) is 1.73. The lowest BCUT2D eigenvalue weighted by molar-refractivity contribution is 0.0492. The molecular weight excluding hydrogens is 420 g/mol. The van der Waals surface area contributed by atoms with Crippen molar-refractivity contribution < 1.29 is 9.53 Å². The van der Waals surface area contributed by atoms with Crippen LogP contribution < -0.4 is 10.6 Å². The van der Waals surface area contributed by atoms with Crippen LogP contribution in [0, 0.1) is 0 Å². The van der Waals surface area contributed by atoms with Gasteiger partial charge >= 0.3 is 6.09 Å². The van der Waals surface area contributed by atoms with E-state index in [1.54, 1.807) is 0 Å². The van der Waals surface area contributed by atoms with Crippen LogP contribution in [-0.4, -0.2) is 33.7 Å². The fourth-order valence-corrected chi connectivity index (χ4v) is 4.12. The van der Waals surface area contributed by atoms with Crippen molar-refractivity contribution in [3.8, 4) is 0 Å². The van der Waals surface area contributed by atoms with E-state index in [-0.39, 0.29) is 12.1 Å². The Hall–Kier alpha value is -1.89. The quantitative estimate of drug-likeness (QED) is 0.671. The number of rotatable bonds is 4. The van der Waals surface area contributed by atoms with Crippen LogP contribution in [0.4, 0.5) is 10.7 Å². The van der Waals surface area contributed by atoms with Gasteiger partial charge in [-0.2, -0.15) is 0 Å². The topological polar surface area (TPSA) is 76.1 Å². The molecule has 28 heavy (non-hydrogen) atoms. The van der Waals surface area contributed by atoms with Gasteiger partial charge in [-0.15, -0.1) is 0 Å². The van der Waals surface area contributed by atoms with E-state index in [1.807, 2.05) is 27.0 Å². The van der Waals surface area contributed by atoms with Gasteiger partial charge in [-0.3, -0.25) is 0 Å². The normalized spacial score (nSPS) is 20.0. The molecule has 2 aromatic rings. The summed E-state index contributed by atoms with van der Waals surface area (Å²) in [6.07, 6.45) is 6.24. The van der Waals surface area contributed by atoms with E-state index in [0.717, 1.165) is 47.5 Å². The van der Waals surface area contributed by atoms with Crippen molar-refractivity contribution >= 4 is 38.9 Å². The lowest BCUT2D eigenvalue weighted by Crippen LogP contribution is -2.42. The summed E-state index contributed by atoms with van der Waals surface area (Å²) in [5.74, 6) is 0.667. The average Bonchev–Trinajstić information content (AvgIpc) is 2.61. The number of anilines is 1. The Morgan fingerprint density at radius 3 is 2.54 bits per heavy atom. The highest BCUT2D eigenvalue weighted by atomic mass is 79.9. The van der Waals surface area contributed by atoms with Crippen LogP contribution in [0.2, 0.25) is 0 Å². The first-order chi connectivity index (χ1) is 13.2. The Bertz CT molecular complexity index is 842. The highest BCUT2D eigenvalue weighted by molar-refractivity contribution is 9.10. The number of hydrogen-bond acceptors (Lipinski definition) is 5. The molecule has 0 spiro atoms. The molecule has 1 aliphatic carbocycles. The van der Waals surface area contributed by atoms with Crippen molar-refractivity contribution in [2.75, 3.05) is 5.32 Å². The lowest BCUT2D eigenvalue weighted by Gasteiger charge is -2.30. The van der Waals surface area contributed by atoms with Gasteiger partial charge in [0, 0.05) is 28.1 Å². The number of nitrogens with one attached hydrogen (secondary N) is 2. The lowest BCUT2D eigenvalue weighted by atomic mass is 9.91. The SMILES string of the molecule is CCc1cc2nc(N[C@H]3CC[C@H](NC(=O)OC(C)(C)C)CC3)ncc2cc1Br. The van der Waals surface area contributed by atoms with Crippen molar-refractivity contribution in [2.45, 2.75) is 77.5 Å². The minimum absolute atomic E-state index is 0.162. The third-order valence-electron chi connectivity index (χ3n) is 4.91. The Morgan fingerprint density at radius 2 is 1.89 bits per heavy atom. The van der Waals surface area contributed by atoms with E-state index in [2.05, 4.69) is 50.6 Å². The van der Waals surface area contributed by atoms with Gasteiger partial charge in [0.15, 0.2) is 0 Å². The number of hydrogen-bond donors (Lipinski definition) is 2. The average molecular weight is 449 g/mol. The van der Waals surface area contributed by atoms with E-state index in [0.29, 0.717) is 12.0 Å². The summed E-state index contributed by atoms with van der Waals surface area (Å²) >= 11 is 3.60. The number of ether oxygens (including phenoxy) is 1. The second-order valence-electron chi connectivity index (χ2n) is 8.39. The Balaban J connectivity index is 1.56. The van der Waals surface area contributed by atoms with E-state index in [4.69, 9.17) is 9.72 Å². The Morgan fingerprint density at radius 1 is 1.21 bits per heavy atom. The molecule has 1 aliphatic rings. The van der Waals surface area contributed by atoms with E-state index in [9.17, 15) is 4.79 Å². The Kier molecular flexibility index (Phi) is 6.43. The molecule has 1 saturated carbocycles. The maximum Gasteiger partial charge on any atom is 0.407 e. The minimum Gasteiger partial charge on any atom is -0.444 e. The van der Waals surface area contributed by atoms with Crippen LogP contribution >= 0.6 is 15.9 Å². The number of aromatic nitrogens is 2. The zero-order valence-electron chi connectivity index (χ0n) is 17.0. The zero-order chi connectivity index (χ0) is 20.3.